The second-order valence-electron chi connectivity index (χ2n) is 3.64. The Hall–Kier alpha value is -0.590. The number of rotatable bonds is 2. The van der Waals surface area contributed by atoms with Gasteiger partial charge in [-0.25, -0.2) is 0 Å². The van der Waals surface area contributed by atoms with Crippen molar-refractivity contribution in [2.75, 3.05) is 0 Å². The van der Waals surface area contributed by atoms with Gasteiger partial charge in [0, 0.05) is 11.3 Å². The molecule has 1 unspecified atom stereocenters. The molecule has 10 heavy (non-hydrogen) atoms. The number of carbonyl (C=O) groups excluding carboxylic acids is 1. The van der Waals surface area contributed by atoms with Gasteiger partial charge in [-0.3, -0.25) is 4.79 Å². The van der Waals surface area contributed by atoms with Gasteiger partial charge >= 0.3 is 0 Å². The summed E-state index contributed by atoms with van der Waals surface area (Å²) in [7, 11) is 0. The van der Waals surface area contributed by atoms with Crippen LogP contribution in [-0.4, -0.2) is 5.78 Å². The highest BCUT2D eigenvalue weighted by molar-refractivity contribution is 5.86. The molecule has 0 heterocycles. The highest BCUT2D eigenvalue weighted by Gasteiger charge is 2.24. The Morgan fingerprint density at radius 3 is 2.00 bits per heavy atom. The Kier molecular flexibility index (Phi) is 2.82. The van der Waals surface area contributed by atoms with Crippen LogP contribution in [-0.2, 0) is 4.79 Å². The van der Waals surface area contributed by atoms with E-state index in [-0.39, 0.29) is 17.1 Å². The predicted octanol–water partition coefficient (Wildman–Crippen LogP) is 2.42. The lowest BCUT2D eigenvalue weighted by Crippen LogP contribution is -2.25. The number of Topliss-reactive ketones (excluding diaryl/α,β-unsaturated/α-hetero) is 1. The van der Waals surface area contributed by atoms with E-state index in [4.69, 9.17) is 0 Å². The van der Waals surface area contributed by atoms with Gasteiger partial charge in [0.15, 0.2) is 0 Å². The van der Waals surface area contributed by atoms with Crippen LogP contribution in [0.2, 0.25) is 0 Å². The fraction of sp³-hybridized carbons (Fsp3) is 0.667. The first kappa shape index (κ1) is 9.41. The summed E-state index contributed by atoms with van der Waals surface area (Å²) in [5.41, 5.74) is -0.229. The zero-order valence-corrected chi connectivity index (χ0v) is 7.27. The minimum atomic E-state index is -0.229. The number of allylic oxidation sites excluding steroid dienone is 1. The molecule has 0 rings (SSSR count). The maximum absolute atomic E-state index is 11.3. The van der Waals surface area contributed by atoms with Gasteiger partial charge in [-0.2, -0.15) is 0 Å². The van der Waals surface area contributed by atoms with Crippen LogP contribution in [0.3, 0.4) is 0 Å². The molecule has 0 saturated heterocycles. The zero-order valence-electron chi connectivity index (χ0n) is 7.27. The molecule has 1 heteroatoms. The highest BCUT2D eigenvalue weighted by atomic mass is 16.1. The van der Waals surface area contributed by atoms with E-state index in [2.05, 4.69) is 6.58 Å². The van der Waals surface area contributed by atoms with Gasteiger partial charge in [0.25, 0.3) is 0 Å². The molecule has 0 aliphatic rings. The Morgan fingerprint density at radius 1 is 1.50 bits per heavy atom. The molecular formula is C9H16O. The van der Waals surface area contributed by atoms with E-state index >= 15 is 0 Å². The van der Waals surface area contributed by atoms with Crippen molar-refractivity contribution in [2.45, 2.75) is 27.7 Å². The normalized spacial score (nSPS) is 14.4. The second-order valence-corrected chi connectivity index (χ2v) is 3.64. The van der Waals surface area contributed by atoms with Crippen LogP contribution in [0.4, 0.5) is 0 Å². The van der Waals surface area contributed by atoms with Gasteiger partial charge in [-0.05, 0) is 0 Å². The van der Waals surface area contributed by atoms with E-state index in [1.807, 2.05) is 27.7 Å². The molecule has 0 bridgehead atoms. The fourth-order valence-electron chi connectivity index (χ4n) is 0.790. The number of carbonyl (C=O) groups is 1. The zero-order chi connectivity index (χ0) is 8.36. The molecule has 0 aromatic carbocycles. The maximum Gasteiger partial charge on any atom is 0.144 e. The molecular weight excluding hydrogens is 124 g/mol. The Morgan fingerprint density at radius 2 is 1.90 bits per heavy atom. The molecule has 58 valence electrons. The van der Waals surface area contributed by atoms with Crippen molar-refractivity contribution in [1.82, 2.24) is 0 Å². The summed E-state index contributed by atoms with van der Waals surface area (Å²) < 4.78 is 0. The third kappa shape index (κ3) is 2.34. The monoisotopic (exact) mass is 140 g/mol. The molecule has 1 nitrogen and oxygen atoms in total. The first-order valence-corrected chi connectivity index (χ1v) is 3.56. The van der Waals surface area contributed by atoms with Crippen molar-refractivity contribution >= 4 is 5.78 Å². The molecule has 0 aromatic rings. The third-order valence-electron chi connectivity index (χ3n) is 1.51. The number of ketones is 1. The molecule has 0 aliphatic carbocycles. The minimum Gasteiger partial charge on any atom is -0.298 e. The van der Waals surface area contributed by atoms with Crippen LogP contribution >= 0.6 is 0 Å². The van der Waals surface area contributed by atoms with Crippen molar-refractivity contribution in [3.05, 3.63) is 12.7 Å². The van der Waals surface area contributed by atoms with E-state index in [0.717, 1.165) is 0 Å². The average Bonchev–Trinajstić information content (AvgIpc) is 1.83. The standard InChI is InChI=1S/C9H16O/c1-6-7(2)8(10)9(3,4)5/h6-7H,1H2,2-5H3. The summed E-state index contributed by atoms with van der Waals surface area (Å²) in [5, 5.41) is 0. The minimum absolute atomic E-state index is 0.0139. The van der Waals surface area contributed by atoms with Crippen LogP contribution in [0.5, 0.6) is 0 Å². The summed E-state index contributed by atoms with van der Waals surface area (Å²) in [4.78, 5) is 11.3. The smallest absolute Gasteiger partial charge is 0.144 e. The van der Waals surface area contributed by atoms with E-state index in [1.165, 1.54) is 0 Å². The average molecular weight is 140 g/mol. The summed E-state index contributed by atoms with van der Waals surface area (Å²) in [5.74, 6) is 0.238. The largest absolute Gasteiger partial charge is 0.298 e. The van der Waals surface area contributed by atoms with Crippen molar-refractivity contribution in [3.8, 4) is 0 Å². The predicted molar refractivity (Wildman–Crippen MR) is 43.8 cm³/mol. The fourth-order valence-corrected chi connectivity index (χ4v) is 0.790. The first-order chi connectivity index (χ1) is 4.39. The topological polar surface area (TPSA) is 17.1 Å². The van der Waals surface area contributed by atoms with Crippen LogP contribution in [0.1, 0.15) is 27.7 Å². The third-order valence-corrected chi connectivity index (χ3v) is 1.51. The van der Waals surface area contributed by atoms with E-state index in [1.54, 1.807) is 6.08 Å². The van der Waals surface area contributed by atoms with Gasteiger partial charge in [-0.15, -0.1) is 6.58 Å². The molecule has 0 spiro atoms. The Bertz CT molecular complexity index is 139. The molecule has 0 N–H and O–H groups in total. The number of hydrogen-bond acceptors (Lipinski definition) is 1. The summed E-state index contributed by atoms with van der Waals surface area (Å²) in [6.07, 6.45) is 1.69. The number of hydrogen-bond donors (Lipinski definition) is 0. The van der Waals surface area contributed by atoms with E-state index in [0.29, 0.717) is 0 Å². The first-order valence-electron chi connectivity index (χ1n) is 3.56. The van der Waals surface area contributed by atoms with Crippen molar-refractivity contribution < 1.29 is 4.79 Å². The maximum atomic E-state index is 11.3. The van der Waals surface area contributed by atoms with Crippen LogP contribution < -0.4 is 0 Å². The summed E-state index contributed by atoms with van der Waals surface area (Å²) >= 11 is 0. The summed E-state index contributed by atoms with van der Waals surface area (Å²) in [6, 6.07) is 0. The molecule has 0 aromatic heterocycles. The van der Waals surface area contributed by atoms with Crippen molar-refractivity contribution in [1.29, 1.82) is 0 Å². The van der Waals surface area contributed by atoms with Gasteiger partial charge in [0.1, 0.15) is 5.78 Å². The van der Waals surface area contributed by atoms with Crippen LogP contribution in [0.25, 0.3) is 0 Å². The molecule has 0 radical (unpaired) electrons. The molecule has 0 saturated carbocycles. The quantitative estimate of drug-likeness (QED) is 0.538. The molecule has 0 fully saturated rings. The van der Waals surface area contributed by atoms with Crippen LogP contribution in [0.15, 0.2) is 12.7 Å². The lowest BCUT2D eigenvalue weighted by atomic mass is 9.84. The van der Waals surface area contributed by atoms with Gasteiger partial charge in [-0.1, -0.05) is 33.8 Å². The highest BCUT2D eigenvalue weighted by Crippen LogP contribution is 2.20. The molecule has 0 amide bonds. The second kappa shape index (κ2) is 3.00. The summed E-state index contributed by atoms with van der Waals surface area (Å²) in [6.45, 7) is 11.2. The van der Waals surface area contributed by atoms with Crippen molar-refractivity contribution in [2.24, 2.45) is 11.3 Å². The van der Waals surface area contributed by atoms with Gasteiger partial charge < -0.3 is 0 Å². The SMILES string of the molecule is C=CC(C)C(=O)C(C)(C)C. The Labute approximate surface area is 63.1 Å². The van der Waals surface area contributed by atoms with Crippen LogP contribution in [0, 0.1) is 11.3 Å². The Balaban J connectivity index is 4.22. The molecule has 1 atom stereocenters. The van der Waals surface area contributed by atoms with Gasteiger partial charge in [0.05, 0.1) is 0 Å². The van der Waals surface area contributed by atoms with Gasteiger partial charge in [0.2, 0.25) is 0 Å². The van der Waals surface area contributed by atoms with E-state index in [9.17, 15) is 4.79 Å². The lowest BCUT2D eigenvalue weighted by Gasteiger charge is -2.19. The van der Waals surface area contributed by atoms with Crippen molar-refractivity contribution in [3.63, 3.8) is 0 Å². The molecule has 0 aliphatic heterocycles. The van der Waals surface area contributed by atoms with E-state index < -0.39 is 0 Å². The lowest BCUT2D eigenvalue weighted by molar-refractivity contribution is -0.128.